The first-order chi connectivity index (χ1) is 27.3. The van der Waals surface area contributed by atoms with E-state index in [0.717, 1.165) is 18.4 Å². The number of carbonyl (C=O) groups excluding carboxylic acids is 1. The number of ether oxygens (including phenoxy) is 8. The van der Waals surface area contributed by atoms with Gasteiger partial charge in [0.05, 0.1) is 111 Å². The Morgan fingerprint density at radius 3 is 1.89 bits per heavy atom. The van der Waals surface area contributed by atoms with Crippen molar-refractivity contribution >= 4 is 17.4 Å². The summed E-state index contributed by atoms with van der Waals surface area (Å²) in [6.45, 7) is 7.50. The van der Waals surface area contributed by atoms with E-state index in [2.05, 4.69) is 42.6 Å². The number of halogens is 3. The highest BCUT2D eigenvalue weighted by molar-refractivity contribution is 5.80. The van der Waals surface area contributed by atoms with Gasteiger partial charge in [-0.15, -0.1) is 13.2 Å². The van der Waals surface area contributed by atoms with Crippen LogP contribution in [0.15, 0.2) is 61.2 Å². The number of allylic oxidation sites excluding steroid dienone is 2. The van der Waals surface area contributed by atoms with Gasteiger partial charge >= 0.3 is 6.36 Å². The fourth-order valence-corrected chi connectivity index (χ4v) is 6.13. The maximum atomic E-state index is 12.4. The number of nitrogens with zero attached hydrogens (tertiary/aromatic N) is 4. The van der Waals surface area contributed by atoms with Crippen LogP contribution in [-0.4, -0.2) is 131 Å². The molecule has 3 atom stereocenters. The predicted octanol–water partition coefficient (Wildman–Crippen LogP) is 4.43. The normalized spacial score (nSPS) is 17.4. The monoisotopic (exact) mass is 792 g/mol. The van der Waals surface area contributed by atoms with Crippen molar-refractivity contribution < 1.29 is 55.9 Å². The van der Waals surface area contributed by atoms with E-state index in [0.29, 0.717) is 135 Å². The number of fused-ring (bicyclic) bond motifs is 2. The molecule has 2 aliphatic carbocycles. The van der Waals surface area contributed by atoms with Gasteiger partial charge in [0.2, 0.25) is 5.91 Å². The molecule has 3 aromatic rings. The first kappa shape index (κ1) is 43.0. The molecule has 2 heterocycles. The third-order valence-corrected chi connectivity index (χ3v) is 8.81. The quantitative estimate of drug-likeness (QED) is 0.0753. The van der Waals surface area contributed by atoms with Crippen molar-refractivity contribution in [1.29, 1.82) is 0 Å². The van der Waals surface area contributed by atoms with Crippen molar-refractivity contribution in [2.24, 2.45) is 17.8 Å². The zero-order valence-electron chi connectivity index (χ0n) is 31.3. The summed E-state index contributed by atoms with van der Waals surface area (Å²) in [5.74, 6) is 1.43. The zero-order chi connectivity index (χ0) is 39.3. The van der Waals surface area contributed by atoms with Crippen molar-refractivity contribution in [3.8, 4) is 17.0 Å². The van der Waals surface area contributed by atoms with E-state index < -0.39 is 6.36 Å². The molecule has 0 aliphatic heterocycles. The van der Waals surface area contributed by atoms with Gasteiger partial charge in [-0.3, -0.25) is 9.48 Å². The zero-order valence-corrected chi connectivity index (χ0v) is 31.3. The summed E-state index contributed by atoms with van der Waals surface area (Å²) < 4.78 is 81.5. The highest BCUT2D eigenvalue weighted by Crippen LogP contribution is 2.43. The highest BCUT2D eigenvalue weighted by atomic mass is 19.4. The number of aromatic nitrogens is 4. The van der Waals surface area contributed by atoms with Crippen LogP contribution >= 0.6 is 0 Å². The minimum absolute atomic E-state index is 0.129. The van der Waals surface area contributed by atoms with E-state index in [1.54, 1.807) is 16.9 Å². The first-order valence-electron chi connectivity index (χ1n) is 18.8. The van der Waals surface area contributed by atoms with Gasteiger partial charge in [0.1, 0.15) is 17.9 Å². The van der Waals surface area contributed by atoms with Crippen molar-refractivity contribution in [1.82, 2.24) is 25.1 Å². The summed E-state index contributed by atoms with van der Waals surface area (Å²) >= 11 is 0. The Kier molecular flexibility index (Phi) is 18.3. The van der Waals surface area contributed by atoms with Crippen LogP contribution in [0.4, 0.5) is 24.7 Å². The Hall–Kier alpha value is -4.17. The SMILES string of the molecule is O=C(NCCOCCOCCOCCOCCOCCOCCOCCn1cc(-c2cc(Nc3ccc(OC(F)(F)F)cc3)ncn2)cn1)C1CC2C=CC1C2. The lowest BCUT2D eigenvalue weighted by Gasteiger charge is -2.17. The molecular formula is C38H51F3N6O9. The van der Waals surface area contributed by atoms with E-state index in [-0.39, 0.29) is 17.6 Å². The average Bonchev–Trinajstić information content (AvgIpc) is 3.96. The van der Waals surface area contributed by atoms with Crippen LogP contribution in [0, 0.1) is 17.8 Å². The molecule has 15 nitrogen and oxygen atoms in total. The van der Waals surface area contributed by atoms with Gasteiger partial charge in [0, 0.05) is 36.0 Å². The Balaban J connectivity index is 0.757. The van der Waals surface area contributed by atoms with Crippen LogP contribution in [0.2, 0.25) is 0 Å². The van der Waals surface area contributed by atoms with E-state index in [4.69, 9.17) is 33.2 Å². The molecule has 2 aliphatic rings. The topological polar surface area (TPSA) is 159 Å². The van der Waals surface area contributed by atoms with Gasteiger partial charge in [-0.1, -0.05) is 12.2 Å². The molecule has 3 unspecified atom stereocenters. The number of anilines is 2. The maximum Gasteiger partial charge on any atom is 0.573 e. The van der Waals surface area contributed by atoms with E-state index >= 15 is 0 Å². The number of benzene rings is 1. The fourth-order valence-electron chi connectivity index (χ4n) is 6.13. The van der Waals surface area contributed by atoms with Crippen LogP contribution in [0.3, 0.4) is 0 Å². The summed E-state index contributed by atoms with van der Waals surface area (Å²) in [6.07, 6.45) is 6.67. The summed E-state index contributed by atoms with van der Waals surface area (Å²) in [5.41, 5.74) is 1.93. The second-order valence-corrected chi connectivity index (χ2v) is 12.9. The summed E-state index contributed by atoms with van der Waals surface area (Å²) in [7, 11) is 0. The van der Waals surface area contributed by atoms with Gasteiger partial charge in [0.15, 0.2) is 0 Å². The predicted molar refractivity (Wildman–Crippen MR) is 197 cm³/mol. The lowest BCUT2D eigenvalue weighted by atomic mass is 9.93. The maximum absolute atomic E-state index is 12.4. The average molecular weight is 793 g/mol. The Morgan fingerprint density at radius 2 is 1.34 bits per heavy atom. The van der Waals surface area contributed by atoms with Crippen LogP contribution in [-0.2, 0) is 44.5 Å². The molecule has 0 saturated heterocycles. The number of nitrogens with one attached hydrogen (secondary N) is 2. The lowest BCUT2D eigenvalue weighted by Crippen LogP contribution is -2.35. The van der Waals surface area contributed by atoms with Crippen LogP contribution < -0.4 is 15.4 Å². The number of hydrogen-bond donors (Lipinski definition) is 2. The van der Waals surface area contributed by atoms with Gasteiger partial charge in [-0.2, -0.15) is 5.10 Å². The number of amides is 1. The molecule has 2 aromatic heterocycles. The molecule has 2 bridgehead atoms. The molecule has 1 aromatic carbocycles. The number of carbonyl (C=O) groups is 1. The summed E-state index contributed by atoms with van der Waals surface area (Å²) in [5, 5.41) is 10.4. The van der Waals surface area contributed by atoms with Crippen molar-refractivity contribution in [2.45, 2.75) is 25.7 Å². The van der Waals surface area contributed by atoms with Crippen molar-refractivity contribution in [2.75, 3.05) is 104 Å². The molecule has 2 N–H and O–H groups in total. The molecule has 0 spiro atoms. The third kappa shape index (κ3) is 16.1. The Bertz CT molecular complexity index is 1600. The Labute approximate surface area is 324 Å². The number of rotatable bonds is 29. The minimum atomic E-state index is -4.75. The molecule has 1 fully saturated rings. The molecule has 308 valence electrons. The standard InChI is InChI=1S/C38H51F3N6O9/c39-38(40,41)56-33-5-3-32(4-6-33)46-36-25-35(43-28-44-36)31-26-45-47(27-31)8-10-50-12-14-52-16-18-54-20-22-55-21-19-53-17-15-51-13-11-49-9-7-42-37(48)34-24-29-1-2-30(34)23-29/h1-6,25-30,34H,7-24H2,(H,42,48)(H,43,44,46). The van der Waals surface area contributed by atoms with Gasteiger partial charge < -0.3 is 48.5 Å². The second-order valence-electron chi connectivity index (χ2n) is 12.9. The van der Waals surface area contributed by atoms with E-state index in [1.807, 2.05) is 6.20 Å². The molecule has 18 heteroatoms. The van der Waals surface area contributed by atoms with Gasteiger partial charge in [0.25, 0.3) is 0 Å². The molecule has 56 heavy (non-hydrogen) atoms. The highest BCUT2D eigenvalue weighted by Gasteiger charge is 2.39. The van der Waals surface area contributed by atoms with Gasteiger partial charge in [-0.25, -0.2) is 9.97 Å². The van der Waals surface area contributed by atoms with Crippen LogP contribution in [0.25, 0.3) is 11.3 Å². The first-order valence-corrected chi connectivity index (χ1v) is 18.8. The van der Waals surface area contributed by atoms with Gasteiger partial charge in [-0.05, 0) is 48.9 Å². The lowest BCUT2D eigenvalue weighted by molar-refractivity contribution is -0.274. The molecular weight excluding hydrogens is 741 g/mol. The number of hydrogen-bond acceptors (Lipinski definition) is 13. The largest absolute Gasteiger partial charge is 0.573 e. The fraction of sp³-hybridized carbons (Fsp3) is 0.579. The van der Waals surface area contributed by atoms with Crippen molar-refractivity contribution in [3.05, 3.63) is 61.2 Å². The Morgan fingerprint density at radius 1 is 0.750 bits per heavy atom. The molecule has 1 saturated carbocycles. The molecule has 5 rings (SSSR count). The number of alkyl halides is 3. The van der Waals surface area contributed by atoms with E-state index in [9.17, 15) is 18.0 Å². The van der Waals surface area contributed by atoms with Crippen LogP contribution in [0.5, 0.6) is 5.75 Å². The molecule has 0 radical (unpaired) electrons. The third-order valence-electron chi connectivity index (χ3n) is 8.81. The molecule has 1 amide bonds. The smallest absolute Gasteiger partial charge is 0.406 e. The van der Waals surface area contributed by atoms with Crippen molar-refractivity contribution in [3.63, 3.8) is 0 Å². The summed E-state index contributed by atoms with van der Waals surface area (Å²) in [6, 6.07) is 7.06. The van der Waals surface area contributed by atoms with Crippen LogP contribution in [0.1, 0.15) is 12.8 Å². The minimum Gasteiger partial charge on any atom is -0.406 e. The van der Waals surface area contributed by atoms with E-state index in [1.165, 1.54) is 30.6 Å². The second kappa shape index (κ2) is 23.8. The summed E-state index contributed by atoms with van der Waals surface area (Å²) in [4.78, 5) is 20.7.